The maximum absolute atomic E-state index is 11.4. The zero-order chi connectivity index (χ0) is 42.7. The quantitative estimate of drug-likeness (QED) is 0.180. The van der Waals surface area contributed by atoms with Crippen molar-refractivity contribution in [3.05, 3.63) is 0 Å². The molecule has 0 radical (unpaired) electrons. The Morgan fingerprint density at radius 3 is 0.612 bits per heavy atom. The van der Waals surface area contributed by atoms with Crippen LogP contribution in [0.1, 0.15) is 0 Å². The highest BCUT2D eigenvalue weighted by Crippen LogP contribution is 2.32. The zero-order valence-corrected chi connectivity index (χ0v) is 28.3. The van der Waals surface area contributed by atoms with Crippen molar-refractivity contribution in [2.24, 2.45) is 0 Å². The minimum Gasteiger partial charge on any atom is -0.279 e. The summed E-state index contributed by atoms with van der Waals surface area (Å²) in [5, 5.41) is 0. The first-order valence-corrected chi connectivity index (χ1v) is 20.6. The average Bonchev–Trinajstić information content (AvgIpc) is 2.59. The lowest BCUT2D eigenvalue weighted by Gasteiger charge is -2.09. The second-order valence-electron chi connectivity index (χ2n) is 5.92. The van der Waals surface area contributed by atoms with Gasteiger partial charge in [-0.05, 0) is 0 Å². The molecule has 0 aliphatic rings. The Balaban J connectivity index is -0.000000119. The lowest BCUT2D eigenvalue weighted by atomic mass is 11.6. The fraction of sp³-hybridized carbons (Fsp3) is 1.00. The predicted molar refractivity (Wildman–Crippen MR) is 122 cm³/mol. The van der Waals surface area contributed by atoms with Crippen molar-refractivity contribution in [3.8, 4) is 0 Å². The summed E-state index contributed by atoms with van der Waals surface area (Å²) in [6.07, 6.45) is 1.42. The molecule has 0 bridgehead atoms. The van der Waals surface area contributed by atoms with Crippen molar-refractivity contribution in [1.82, 2.24) is 0 Å². The molecule has 0 aromatic heterocycles. The number of rotatable bonds is 2. The predicted octanol–water partition coefficient (Wildman–Crippen LogP) is 3.08. The van der Waals surface area contributed by atoms with Crippen LogP contribution in [0.15, 0.2) is 0 Å². The van der Waals surface area contributed by atoms with Crippen molar-refractivity contribution in [1.29, 1.82) is 0 Å². The molecule has 0 saturated heterocycles. The summed E-state index contributed by atoms with van der Waals surface area (Å²) >= 11 is 0. The third-order valence-corrected chi connectivity index (χ3v) is 6.37. The number of halogens is 19. The molecule has 0 spiro atoms. The fourth-order valence-corrected chi connectivity index (χ4v) is 1.76. The van der Waals surface area contributed by atoms with E-state index in [9.17, 15) is 107 Å². The van der Waals surface area contributed by atoms with Crippen LogP contribution in [0.25, 0.3) is 0 Å². The normalized spacial score (nSPS) is 13.9. The maximum Gasteiger partial charge on any atom is 0.527 e. The van der Waals surface area contributed by atoms with Gasteiger partial charge in [0.05, 0.1) is 12.5 Å². The number of hydrogen-bond acceptors (Lipinski definition) is 15. The van der Waals surface area contributed by atoms with E-state index in [1.807, 2.05) is 3.63 Å². The Morgan fingerprint density at radius 1 is 0.449 bits per heavy atom. The van der Waals surface area contributed by atoms with Crippen LogP contribution in [0.3, 0.4) is 0 Å². The third kappa shape index (κ3) is 38.0. The van der Waals surface area contributed by atoms with Crippen LogP contribution in [0.4, 0.5) is 73.6 Å². The molecule has 0 amide bonds. The van der Waals surface area contributed by atoms with E-state index in [1.54, 1.807) is 0 Å². The van der Waals surface area contributed by atoms with Crippen LogP contribution in [-0.4, -0.2) is 104 Å². The van der Waals surface area contributed by atoms with Gasteiger partial charge in [-0.3, -0.25) is 4.55 Å². The van der Waals surface area contributed by atoms with Crippen molar-refractivity contribution < 1.29 is 141 Å². The van der Waals surface area contributed by atoms with Gasteiger partial charge in [-0.15, -0.1) is 7.52 Å². The molecule has 0 aliphatic carbocycles. The first-order chi connectivity index (χ1) is 20.0. The largest absolute Gasteiger partial charge is 0.527 e. The maximum atomic E-state index is 11.4. The van der Waals surface area contributed by atoms with E-state index in [2.05, 4.69) is 21.4 Å². The van der Waals surface area contributed by atoms with E-state index < -0.39 is 96.4 Å². The van der Waals surface area contributed by atoms with Crippen LogP contribution >= 0.6 is 21.4 Å². The Morgan fingerprint density at radius 2 is 0.571 bits per heavy atom. The van der Waals surface area contributed by atoms with Crippen molar-refractivity contribution in [2.75, 3.05) is 12.5 Å². The molecule has 0 unspecified atom stereocenters. The van der Waals surface area contributed by atoms with Crippen molar-refractivity contribution >= 4 is 90.3 Å². The van der Waals surface area contributed by atoms with Gasteiger partial charge in [-0.2, -0.15) is 108 Å². The topological polar surface area (TPSA) is 268 Å². The van der Waals surface area contributed by atoms with Gasteiger partial charge in [0.25, 0.3) is 10.2 Å². The molecule has 0 heterocycles. The summed E-state index contributed by atoms with van der Waals surface area (Å²) in [5.41, 5.74) is -29.1. The monoisotopic (exact) mass is 964 g/mol. The first-order valence-electron chi connectivity index (χ1n) is 8.14. The Hall–Kier alpha value is -1.04. The molecule has 0 atom stereocenters. The van der Waals surface area contributed by atoms with Crippen LogP contribution in [0.2, 0.25) is 0 Å². The van der Waals surface area contributed by atoms with E-state index in [1.165, 1.54) is 0 Å². The Labute approximate surface area is 270 Å². The lowest BCUT2D eigenvalue weighted by molar-refractivity contribution is -0.0587. The summed E-state index contributed by atoms with van der Waals surface area (Å²) in [5.74, 6) is 0. The highest BCUT2D eigenvalue weighted by atomic mass is 35.7. The standard InChI is InChI=1S/C2F6O5S2.CClF3O2S.CH3ClO2S.CF4O2S.CHF3O3S.CH3FO2S/c3-1(4,5)14(9,10)13-15(11,12)2(6,7)8;2-8(6,7)1(3,4)5;1-5(2,3)4;2*2-1(3,4)8(5,6)7;1-5(2,3)4/h;;1H3;;(H,5,6,7);1H3. The third-order valence-electron chi connectivity index (χ3n) is 1.59. The molecular formula is C7H7Cl2F17O16S7. The first kappa shape index (κ1) is 60.1. The summed E-state index contributed by atoms with van der Waals surface area (Å²) in [4.78, 5) is 0. The minimum absolute atomic E-state index is 0.493. The molecule has 0 aromatic carbocycles. The van der Waals surface area contributed by atoms with E-state index in [0.29, 0.717) is 6.26 Å². The second kappa shape index (κ2) is 19.2. The fourth-order valence-electron chi connectivity index (χ4n) is 0.195. The summed E-state index contributed by atoms with van der Waals surface area (Å²) < 4.78 is 326. The van der Waals surface area contributed by atoms with E-state index >= 15 is 0 Å². The van der Waals surface area contributed by atoms with Crippen LogP contribution in [-0.2, 0) is 72.5 Å². The SMILES string of the molecule is CS(=O)(=O)Cl.CS(=O)(=O)F.O=S(=O)(Cl)C(F)(F)F.O=S(=O)(F)C(F)(F)F.O=S(=O)(O)C(F)(F)F.O=S(=O)(OS(=O)(=O)C(F)(F)F)C(F)(F)F. The molecule has 0 fully saturated rings. The molecule has 0 saturated carbocycles. The molecule has 16 nitrogen and oxygen atoms in total. The van der Waals surface area contributed by atoms with Gasteiger partial charge in [-0.25, -0.2) is 16.8 Å². The molecule has 0 aromatic rings. The smallest absolute Gasteiger partial charge is 0.279 e. The zero-order valence-electron chi connectivity index (χ0n) is 21.1. The van der Waals surface area contributed by atoms with E-state index in [0.717, 1.165) is 6.26 Å². The highest BCUT2D eigenvalue weighted by Gasteiger charge is 2.57. The van der Waals surface area contributed by atoms with Gasteiger partial charge in [0.2, 0.25) is 9.05 Å². The summed E-state index contributed by atoms with van der Waals surface area (Å²) in [6, 6.07) is 0. The van der Waals surface area contributed by atoms with Gasteiger partial charge in [-0.1, -0.05) is 3.89 Å². The summed E-state index contributed by atoms with van der Waals surface area (Å²) in [7, 11) is -30.2. The lowest BCUT2D eigenvalue weighted by Crippen LogP contribution is -2.34. The number of hydrogen-bond donors (Lipinski definition) is 1. The van der Waals surface area contributed by atoms with Crippen LogP contribution in [0, 0.1) is 0 Å². The van der Waals surface area contributed by atoms with Crippen molar-refractivity contribution in [2.45, 2.75) is 27.5 Å². The minimum atomic E-state index is -6.85. The van der Waals surface area contributed by atoms with Gasteiger partial charge in [0, 0.05) is 21.4 Å². The van der Waals surface area contributed by atoms with Crippen LogP contribution in [0.5, 0.6) is 0 Å². The number of alkyl halides is 15. The highest BCUT2D eigenvalue weighted by molar-refractivity contribution is 8.14. The van der Waals surface area contributed by atoms with Crippen molar-refractivity contribution in [3.63, 3.8) is 0 Å². The molecule has 0 aliphatic heterocycles. The average molecular weight is 965 g/mol. The molecule has 306 valence electrons. The van der Waals surface area contributed by atoms with Gasteiger partial charge in [0.1, 0.15) is 0 Å². The molecule has 49 heavy (non-hydrogen) atoms. The van der Waals surface area contributed by atoms with Gasteiger partial charge < -0.3 is 0 Å². The Bertz CT molecular complexity index is 1610. The Kier molecular flexibility index (Phi) is 23.5. The van der Waals surface area contributed by atoms with Gasteiger partial charge in [0.15, 0.2) is 0 Å². The van der Waals surface area contributed by atoms with E-state index in [4.69, 9.17) is 29.8 Å². The molecule has 0 rings (SSSR count). The van der Waals surface area contributed by atoms with Crippen LogP contribution < -0.4 is 0 Å². The molecular weight excluding hydrogens is 958 g/mol. The molecule has 42 heteroatoms. The second-order valence-corrected chi connectivity index (χ2v) is 18.9. The van der Waals surface area contributed by atoms with E-state index in [-0.39, 0.29) is 0 Å². The van der Waals surface area contributed by atoms with Gasteiger partial charge >= 0.3 is 77.2 Å². The summed E-state index contributed by atoms with van der Waals surface area (Å²) in [6.45, 7) is 0. The molecule has 1 N–H and O–H groups in total.